The van der Waals surface area contributed by atoms with Crippen LogP contribution in [0.25, 0.3) is 11.0 Å². The number of methoxy groups -OCH3 is 1. The summed E-state index contributed by atoms with van der Waals surface area (Å²) in [4.78, 5) is 30.7. The van der Waals surface area contributed by atoms with Crippen molar-refractivity contribution >= 4 is 17.0 Å². The zero-order valence-corrected chi connectivity index (χ0v) is 12.4. The van der Waals surface area contributed by atoms with Crippen molar-refractivity contribution < 1.29 is 9.53 Å². The Morgan fingerprint density at radius 2 is 2.23 bits per heavy atom. The number of aromatic amines is 1. The molecule has 0 atom stereocenters. The van der Waals surface area contributed by atoms with Gasteiger partial charge in [0.15, 0.2) is 0 Å². The Kier molecular flexibility index (Phi) is 3.54. The number of esters is 1. The highest BCUT2D eigenvalue weighted by atomic mass is 16.5. The summed E-state index contributed by atoms with van der Waals surface area (Å²) < 4.78 is 8.28. The summed E-state index contributed by atoms with van der Waals surface area (Å²) in [6, 6.07) is 4.99. The number of aryl methyl sites for hydroxylation is 1. The van der Waals surface area contributed by atoms with E-state index in [4.69, 9.17) is 4.74 Å². The molecule has 0 amide bonds. The van der Waals surface area contributed by atoms with E-state index >= 15 is 0 Å². The Balaban J connectivity index is 2.10. The lowest BCUT2D eigenvalue weighted by Gasteiger charge is -2.07. The van der Waals surface area contributed by atoms with Crippen molar-refractivity contribution in [3.8, 4) is 0 Å². The molecule has 0 saturated carbocycles. The lowest BCUT2D eigenvalue weighted by molar-refractivity contribution is 0.0601. The number of hydrogen-bond acceptors (Lipinski definition) is 4. The first kappa shape index (κ1) is 14.1. The number of ether oxygens (including phenoxy) is 1. The van der Waals surface area contributed by atoms with Crippen LogP contribution in [0.3, 0.4) is 0 Å². The average Bonchev–Trinajstić information content (AvgIpc) is 3.11. The number of nitrogens with one attached hydrogen (secondary N) is 1. The molecule has 1 N–H and O–H groups in total. The number of nitrogens with zero attached hydrogens (tertiary/aromatic N) is 3. The number of H-pyrrole nitrogens is 1. The number of carbonyl (C=O) groups is 1. The second-order valence-corrected chi connectivity index (χ2v) is 4.91. The number of fused-ring (bicyclic) bond motifs is 1. The second-order valence-electron chi connectivity index (χ2n) is 4.91. The van der Waals surface area contributed by atoms with Crippen molar-refractivity contribution in [1.29, 1.82) is 0 Å². The summed E-state index contributed by atoms with van der Waals surface area (Å²) in [6.45, 7) is 3.18. The van der Waals surface area contributed by atoms with Crippen molar-refractivity contribution in [1.82, 2.24) is 19.1 Å². The minimum absolute atomic E-state index is 0.221. The lowest BCUT2D eigenvalue weighted by atomic mass is 10.2. The zero-order valence-electron chi connectivity index (χ0n) is 12.4. The number of benzene rings is 1. The average molecular weight is 300 g/mol. The van der Waals surface area contributed by atoms with Gasteiger partial charge in [-0.25, -0.2) is 14.6 Å². The van der Waals surface area contributed by atoms with Crippen LogP contribution in [0.15, 0.2) is 35.5 Å². The molecule has 0 aliphatic carbocycles. The molecule has 22 heavy (non-hydrogen) atoms. The normalized spacial score (nSPS) is 11.0. The van der Waals surface area contributed by atoms with Gasteiger partial charge in [-0.3, -0.25) is 4.57 Å². The van der Waals surface area contributed by atoms with Crippen molar-refractivity contribution in [3.05, 3.63) is 52.5 Å². The molecule has 3 rings (SSSR count). The second kappa shape index (κ2) is 5.51. The first-order chi connectivity index (χ1) is 10.6. The van der Waals surface area contributed by atoms with Gasteiger partial charge in [0.1, 0.15) is 0 Å². The van der Waals surface area contributed by atoms with Gasteiger partial charge in [0, 0.05) is 12.7 Å². The van der Waals surface area contributed by atoms with Gasteiger partial charge < -0.3 is 14.3 Å². The van der Waals surface area contributed by atoms with E-state index in [1.165, 1.54) is 7.11 Å². The van der Waals surface area contributed by atoms with E-state index in [1.54, 1.807) is 35.3 Å². The molecule has 0 fully saturated rings. The Morgan fingerprint density at radius 3 is 2.95 bits per heavy atom. The third kappa shape index (κ3) is 2.30. The van der Waals surface area contributed by atoms with Gasteiger partial charge in [-0.15, -0.1) is 0 Å². The molecular weight excluding hydrogens is 284 g/mol. The lowest BCUT2D eigenvalue weighted by Crippen LogP contribution is -2.19. The first-order valence-corrected chi connectivity index (χ1v) is 6.94. The molecule has 0 spiro atoms. The molecule has 7 heteroatoms. The Bertz CT molecular complexity index is 888. The molecule has 3 aromatic rings. The fourth-order valence-corrected chi connectivity index (χ4v) is 2.48. The van der Waals surface area contributed by atoms with E-state index < -0.39 is 5.97 Å². The van der Waals surface area contributed by atoms with Gasteiger partial charge in [0.05, 0.1) is 42.3 Å². The zero-order chi connectivity index (χ0) is 15.7. The van der Waals surface area contributed by atoms with E-state index in [9.17, 15) is 9.59 Å². The van der Waals surface area contributed by atoms with E-state index in [-0.39, 0.29) is 5.69 Å². The molecule has 114 valence electrons. The van der Waals surface area contributed by atoms with Crippen LogP contribution < -0.4 is 5.69 Å². The van der Waals surface area contributed by atoms with Crippen molar-refractivity contribution in [2.24, 2.45) is 0 Å². The minimum Gasteiger partial charge on any atom is -0.465 e. The predicted octanol–water partition coefficient (Wildman–Crippen LogP) is 1.38. The topological polar surface area (TPSA) is 81.9 Å². The van der Waals surface area contributed by atoms with Gasteiger partial charge in [-0.1, -0.05) is 0 Å². The minimum atomic E-state index is -0.430. The van der Waals surface area contributed by atoms with Gasteiger partial charge in [0.2, 0.25) is 0 Å². The number of carbonyl (C=O) groups excluding carboxylic acids is 1. The number of rotatable bonds is 4. The highest BCUT2D eigenvalue weighted by Gasteiger charge is 2.13. The highest BCUT2D eigenvalue weighted by Crippen LogP contribution is 2.15. The first-order valence-electron chi connectivity index (χ1n) is 6.94. The van der Waals surface area contributed by atoms with Crippen LogP contribution in [0.4, 0.5) is 0 Å². The summed E-state index contributed by atoms with van der Waals surface area (Å²) in [7, 11) is 1.33. The van der Waals surface area contributed by atoms with Crippen molar-refractivity contribution in [2.75, 3.05) is 7.11 Å². The van der Waals surface area contributed by atoms with Crippen LogP contribution in [0, 0.1) is 0 Å². The Labute approximate surface area is 126 Å². The molecule has 7 nitrogen and oxygen atoms in total. The summed E-state index contributed by atoms with van der Waals surface area (Å²) in [5.41, 5.74) is 2.46. The fraction of sp³-hybridized carbons (Fsp3) is 0.267. The number of hydrogen-bond donors (Lipinski definition) is 1. The van der Waals surface area contributed by atoms with Crippen LogP contribution >= 0.6 is 0 Å². The molecule has 1 aromatic carbocycles. The van der Waals surface area contributed by atoms with Gasteiger partial charge in [-0.05, 0) is 25.1 Å². The molecule has 0 saturated heterocycles. The van der Waals surface area contributed by atoms with E-state index in [2.05, 4.69) is 9.97 Å². The van der Waals surface area contributed by atoms with Gasteiger partial charge in [0.25, 0.3) is 0 Å². The third-order valence-corrected chi connectivity index (χ3v) is 3.66. The smallest absolute Gasteiger partial charge is 0.337 e. The molecule has 0 unspecified atom stereocenters. The third-order valence-electron chi connectivity index (χ3n) is 3.66. The molecule has 0 bridgehead atoms. The maximum Gasteiger partial charge on any atom is 0.337 e. The largest absolute Gasteiger partial charge is 0.465 e. The quantitative estimate of drug-likeness (QED) is 0.738. The molecule has 2 heterocycles. The Morgan fingerprint density at radius 1 is 1.41 bits per heavy atom. The summed E-state index contributed by atoms with van der Waals surface area (Å²) in [5, 5.41) is 0. The highest BCUT2D eigenvalue weighted by molar-refractivity contribution is 5.93. The fourth-order valence-electron chi connectivity index (χ4n) is 2.48. The number of imidazole rings is 2. The Hall–Kier alpha value is -2.83. The number of aromatic nitrogens is 4. The maximum atomic E-state index is 12.2. The van der Waals surface area contributed by atoms with Gasteiger partial charge in [-0.2, -0.15) is 0 Å². The van der Waals surface area contributed by atoms with Crippen molar-refractivity contribution in [3.63, 3.8) is 0 Å². The SMILES string of the molecule is CCn1cncc1Cn1c(=O)[nH]c2ccc(C(=O)OC)cc21. The van der Waals surface area contributed by atoms with E-state index in [1.807, 2.05) is 11.5 Å². The molecule has 0 radical (unpaired) electrons. The monoisotopic (exact) mass is 300 g/mol. The predicted molar refractivity (Wildman–Crippen MR) is 80.9 cm³/mol. The molecule has 0 aliphatic rings. The van der Waals surface area contributed by atoms with Crippen LogP contribution in [-0.4, -0.2) is 32.2 Å². The summed E-state index contributed by atoms with van der Waals surface area (Å²) >= 11 is 0. The van der Waals surface area contributed by atoms with Crippen molar-refractivity contribution in [2.45, 2.75) is 20.0 Å². The van der Waals surface area contributed by atoms with E-state index in [0.717, 1.165) is 12.2 Å². The van der Waals surface area contributed by atoms with Crippen LogP contribution in [0.1, 0.15) is 23.0 Å². The van der Waals surface area contributed by atoms with Crippen LogP contribution in [-0.2, 0) is 17.8 Å². The maximum absolute atomic E-state index is 12.2. The van der Waals surface area contributed by atoms with E-state index in [0.29, 0.717) is 23.1 Å². The summed E-state index contributed by atoms with van der Waals surface area (Å²) in [5.74, 6) is -0.430. The van der Waals surface area contributed by atoms with Crippen LogP contribution in [0.5, 0.6) is 0 Å². The molecule has 2 aromatic heterocycles. The molecule has 0 aliphatic heterocycles. The molecular formula is C15H16N4O3. The van der Waals surface area contributed by atoms with Gasteiger partial charge >= 0.3 is 11.7 Å². The summed E-state index contributed by atoms with van der Waals surface area (Å²) in [6.07, 6.45) is 3.47. The standard InChI is InChI=1S/C15H16N4O3/c1-3-18-9-16-7-11(18)8-19-13-6-10(14(20)22-2)4-5-12(13)17-15(19)21/h4-7,9H,3,8H2,1-2H3,(H,17,21). The van der Waals surface area contributed by atoms with Crippen LogP contribution in [0.2, 0.25) is 0 Å².